The highest BCUT2D eigenvalue weighted by atomic mass is 16.5. The van der Waals surface area contributed by atoms with Crippen LogP contribution in [0, 0.1) is 6.92 Å². The number of ketones is 1. The smallest absolute Gasteiger partial charge is 0.339 e. The van der Waals surface area contributed by atoms with Crippen molar-refractivity contribution in [2.24, 2.45) is 0 Å². The summed E-state index contributed by atoms with van der Waals surface area (Å²) in [4.78, 5) is 23.1. The number of hydrogen-bond acceptors (Lipinski definition) is 5. The Morgan fingerprint density at radius 2 is 2.10 bits per heavy atom. The number of phenolic OH excluding ortho intramolecular Hbond substituents is 1. The van der Waals surface area contributed by atoms with Crippen LogP contribution in [0.25, 0.3) is 11.0 Å². The summed E-state index contributed by atoms with van der Waals surface area (Å²) in [6.07, 6.45) is 0.626. The Balaban J connectivity index is 2.70. The minimum atomic E-state index is -0.482. The van der Waals surface area contributed by atoms with Crippen molar-refractivity contribution < 1.29 is 19.1 Å². The zero-order valence-corrected chi connectivity index (χ0v) is 11.6. The van der Waals surface area contributed by atoms with E-state index < -0.39 is 5.63 Å². The molecule has 0 aliphatic rings. The molecule has 0 saturated carbocycles. The molecular formula is C15H16O5. The molecule has 0 aliphatic heterocycles. The topological polar surface area (TPSA) is 76.7 Å². The molecule has 5 heteroatoms. The van der Waals surface area contributed by atoms with Crippen LogP contribution in [0.3, 0.4) is 0 Å². The molecule has 0 atom stereocenters. The zero-order chi connectivity index (χ0) is 14.9. The molecule has 0 amide bonds. The fourth-order valence-corrected chi connectivity index (χ4v) is 2.24. The summed E-state index contributed by atoms with van der Waals surface area (Å²) >= 11 is 0. The Morgan fingerprint density at radius 1 is 1.40 bits per heavy atom. The van der Waals surface area contributed by atoms with Gasteiger partial charge in [-0.2, -0.15) is 0 Å². The van der Waals surface area contributed by atoms with Crippen molar-refractivity contribution in [1.29, 1.82) is 0 Å². The third-order valence-corrected chi connectivity index (χ3v) is 3.27. The Morgan fingerprint density at radius 3 is 2.70 bits per heavy atom. The van der Waals surface area contributed by atoms with Crippen LogP contribution in [-0.4, -0.2) is 18.0 Å². The van der Waals surface area contributed by atoms with Gasteiger partial charge in [0.25, 0.3) is 0 Å². The molecule has 1 N–H and O–H groups in total. The quantitative estimate of drug-likeness (QED) is 0.867. The average molecular weight is 276 g/mol. The van der Waals surface area contributed by atoms with E-state index in [0.29, 0.717) is 28.7 Å². The Kier molecular flexibility index (Phi) is 3.79. The van der Waals surface area contributed by atoms with Crippen molar-refractivity contribution in [2.75, 3.05) is 7.11 Å². The maximum absolute atomic E-state index is 12.0. The lowest BCUT2D eigenvalue weighted by molar-refractivity contribution is -0.116. The van der Waals surface area contributed by atoms with E-state index in [-0.39, 0.29) is 23.5 Å². The number of hydrogen-bond donors (Lipinski definition) is 1. The monoisotopic (exact) mass is 276 g/mol. The van der Waals surface area contributed by atoms with Gasteiger partial charge < -0.3 is 19.1 Å². The van der Waals surface area contributed by atoms with Gasteiger partial charge in [-0.25, -0.2) is 4.79 Å². The molecule has 1 aromatic carbocycles. The molecule has 0 spiro atoms. The summed E-state index contributed by atoms with van der Waals surface area (Å²) < 4.78 is 10.4. The first-order chi connectivity index (χ1) is 9.43. The molecule has 2 aromatic rings. The van der Waals surface area contributed by atoms with E-state index >= 15 is 0 Å². The summed E-state index contributed by atoms with van der Waals surface area (Å²) in [6.45, 7) is 3.27. The third kappa shape index (κ3) is 2.52. The van der Waals surface area contributed by atoms with Gasteiger partial charge in [0.2, 0.25) is 0 Å². The van der Waals surface area contributed by atoms with E-state index in [0.717, 1.165) is 0 Å². The first kappa shape index (κ1) is 14.1. The van der Waals surface area contributed by atoms with E-state index in [1.807, 2.05) is 0 Å². The standard InChI is InChI=1S/C15H16O5/c1-8(16)4-5-11-9(2)14-12(19-3)6-10(17)7-13(14)20-15(11)18/h6-7,17H,4-5H2,1-3H3. The number of aryl methyl sites for hydroxylation is 1. The van der Waals surface area contributed by atoms with Crippen LogP contribution in [-0.2, 0) is 11.2 Å². The molecule has 0 unspecified atom stereocenters. The number of fused-ring (bicyclic) bond motifs is 1. The number of benzene rings is 1. The number of methoxy groups -OCH3 is 1. The Bertz CT molecular complexity index is 727. The van der Waals surface area contributed by atoms with Crippen molar-refractivity contribution in [3.63, 3.8) is 0 Å². The number of phenols is 1. The van der Waals surface area contributed by atoms with E-state index in [1.54, 1.807) is 6.92 Å². The molecule has 2 rings (SSSR count). The summed E-state index contributed by atoms with van der Waals surface area (Å²) in [5.41, 5.74) is 0.978. The molecule has 20 heavy (non-hydrogen) atoms. The molecular weight excluding hydrogens is 260 g/mol. The second-order valence-electron chi connectivity index (χ2n) is 4.72. The summed E-state index contributed by atoms with van der Waals surface area (Å²) in [7, 11) is 1.48. The first-order valence-electron chi connectivity index (χ1n) is 6.26. The normalized spacial score (nSPS) is 10.8. The highest BCUT2D eigenvalue weighted by Crippen LogP contribution is 2.33. The van der Waals surface area contributed by atoms with Gasteiger partial charge in [-0.3, -0.25) is 0 Å². The third-order valence-electron chi connectivity index (χ3n) is 3.27. The van der Waals surface area contributed by atoms with Gasteiger partial charge in [-0.15, -0.1) is 0 Å². The molecule has 0 fully saturated rings. The lowest BCUT2D eigenvalue weighted by Gasteiger charge is -2.11. The lowest BCUT2D eigenvalue weighted by Crippen LogP contribution is -2.12. The van der Waals surface area contributed by atoms with E-state index in [1.165, 1.54) is 26.2 Å². The van der Waals surface area contributed by atoms with Crippen molar-refractivity contribution >= 4 is 16.8 Å². The fourth-order valence-electron chi connectivity index (χ4n) is 2.24. The predicted octanol–water partition coefficient (Wildman–Crippen LogP) is 2.34. The van der Waals surface area contributed by atoms with Gasteiger partial charge in [0, 0.05) is 24.1 Å². The number of rotatable bonds is 4. The predicted molar refractivity (Wildman–Crippen MR) is 74.4 cm³/mol. The summed E-state index contributed by atoms with van der Waals surface area (Å²) in [5, 5.41) is 10.2. The van der Waals surface area contributed by atoms with Gasteiger partial charge in [0.15, 0.2) is 0 Å². The molecule has 1 aromatic heterocycles. The maximum atomic E-state index is 12.0. The number of carbonyl (C=O) groups is 1. The van der Waals surface area contributed by atoms with Gasteiger partial charge in [-0.1, -0.05) is 0 Å². The van der Waals surface area contributed by atoms with Crippen LogP contribution in [0.4, 0.5) is 0 Å². The zero-order valence-electron chi connectivity index (χ0n) is 11.6. The Hall–Kier alpha value is -2.30. The fraction of sp³-hybridized carbons (Fsp3) is 0.333. The van der Waals surface area contributed by atoms with Crippen LogP contribution in [0.2, 0.25) is 0 Å². The van der Waals surface area contributed by atoms with Crippen molar-refractivity contribution in [2.45, 2.75) is 26.7 Å². The van der Waals surface area contributed by atoms with Crippen LogP contribution >= 0.6 is 0 Å². The molecule has 106 valence electrons. The largest absolute Gasteiger partial charge is 0.508 e. The summed E-state index contributed by atoms with van der Waals surface area (Å²) in [6, 6.07) is 2.84. The Labute approximate surface area is 115 Å². The minimum absolute atomic E-state index is 0.0153. The summed E-state index contributed by atoms with van der Waals surface area (Å²) in [5.74, 6) is 0.417. The van der Waals surface area contributed by atoms with Crippen molar-refractivity contribution in [1.82, 2.24) is 0 Å². The van der Waals surface area contributed by atoms with Crippen molar-refractivity contribution in [3.05, 3.63) is 33.7 Å². The maximum Gasteiger partial charge on any atom is 0.339 e. The highest BCUT2D eigenvalue weighted by molar-refractivity contribution is 5.89. The van der Waals surface area contributed by atoms with Crippen LogP contribution < -0.4 is 10.4 Å². The molecule has 0 aliphatic carbocycles. The molecule has 0 saturated heterocycles. The molecule has 5 nitrogen and oxygen atoms in total. The second-order valence-corrected chi connectivity index (χ2v) is 4.72. The van der Waals surface area contributed by atoms with Crippen LogP contribution in [0.5, 0.6) is 11.5 Å². The molecule has 0 bridgehead atoms. The second kappa shape index (κ2) is 5.36. The number of Topliss-reactive ketones (excluding diaryl/α,β-unsaturated/α-hetero) is 1. The van der Waals surface area contributed by atoms with Crippen molar-refractivity contribution in [3.8, 4) is 11.5 Å². The number of ether oxygens (including phenoxy) is 1. The average Bonchev–Trinajstić information content (AvgIpc) is 2.36. The highest BCUT2D eigenvalue weighted by Gasteiger charge is 2.16. The van der Waals surface area contributed by atoms with Crippen LogP contribution in [0.15, 0.2) is 21.3 Å². The van der Waals surface area contributed by atoms with Gasteiger partial charge in [0.1, 0.15) is 22.9 Å². The first-order valence-corrected chi connectivity index (χ1v) is 6.26. The molecule has 1 heterocycles. The van der Waals surface area contributed by atoms with Gasteiger partial charge >= 0.3 is 5.63 Å². The van der Waals surface area contributed by atoms with Crippen LogP contribution in [0.1, 0.15) is 24.5 Å². The minimum Gasteiger partial charge on any atom is -0.508 e. The number of carbonyl (C=O) groups excluding carboxylic acids is 1. The number of aromatic hydroxyl groups is 1. The molecule has 0 radical (unpaired) electrons. The van der Waals surface area contributed by atoms with Gasteiger partial charge in [0.05, 0.1) is 12.5 Å². The van der Waals surface area contributed by atoms with Gasteiger partial charge in [-0.05, 0) is 25.8 Å². The van der Waals surface area contributed by atoms with E-state index in [4.69, 9.17) is 9.15 Å². The SMILES string of the molecule is COc1cc(O)cc2oc(=O)c(CCC(C)=O)c(C)c12. The lowest BCUT2D eigenvalue weighted by atomic mass is 10.0. The van der Waals surface area contributed by atoms with E-state index in [2.05, 4.69) is 0 Å². The van der Waals surface area contributed by atoms with E-state index in [9.17, 15) is 14.7 Å².